The van der Waals surface area contributed by atoms with Gasteiger partial charge in [-0.1, -0.05) is 23.2 Å². The average molecular weight is 558 g/mol. The Bertz CT molecular complexity index is 1500. The third-order valence-electron chi connectivity index (χ3n) is 5.04. The Kier molecular flexibility index (Phi) is 7.34. The molecule has 3 aromatic heterocycles. The number of pyridine rings is 1. The molecule has 4 rings (SSSR count). The fraction of sp³-hybridized carbons (Fsp3) is 0.238. The number of esters is 1. The second-order valence-electron chi connectivity index (χ2n) is 7.51. The summed E-state index contributed by atoms with van der Waals surface area (Å²) in [5.74, 6) is -1.42. The smallest absolute Gasteiger partial charge is 0.416 e. The fourth-order valence-corrected chi connectivity index (χ4v) is 3.61. The molecule has 0 fully saturated rings. The lowest BCUT2D eigenvalue weighted by atomic mass is 10.2. The number of carbonyl (C=O) groups is 1. The Balaban J connectivity index is 1.79. The first-order valence-corrected chi connectivity index (χ1v) is 11.1. The largest absolute Gasteiger partial charge is 0.463 e. The van der Waals surface area contributed by atoms with Crippen LogP contribution in [0.15, 0.2) is 47.4 Å². The number of methoxy groups -OCH3 is 1. The quantitative estimate of drug-likeness (QED) is 0.271. The summed E-state index contributed by atoms with van der Waals surface area (Å²) in [4.78, 5) is 33.4. The van der Waals surface area contributed by atoms with Gasteiger partial charge in [-0.25, -0.2) is 28.9 Å². The van der Waals surface area contributed by atoms with Crippen molar-refractivity contribution in [3.8, 4) is 17.1 Å². The van der Waals surface area contributed by atoms with Gasteiger partial charge in [0.25, 0.3) is 0 Å². The summed E-state index contributed by atoms with van der Waals surface area (Å²) < 4.78 is 46.5. The van der Waals surface area contributed by atoms with Crippen LogP contribution >= 0.6 is 23.2 Å². The highest BCUT2D eigenvalue weighted by Crippen LogP contribution is 2.24. The van der Waals surface area contributed by atoms with Gasteiger partial charge in [0.15, 0.2) is 22.9 Å². The van der Waals surface area contributed by atoms with Crippen molar-refractivity contribution in [1.82, 2.24) is 34.1 Å². The van der Waals surface area contributed by atoms with Crippen molar-refractivity contribution in [2.24, 2.45) is 0 Å². The lowest BCUT2D eigenvalue weighted by molar-refractivity contribution is -0.207. The Labute approximate surface area is 215 Å². The third-order valence-corrected chi connectivity index (χ3v) is 5.58. The molecule has 0 unspecified atom stereocenters. The number of hydrogen-bond donors (Lipinski definition) is 1. The summed E-state index contributed by atoms with van der Waals surface area (Å²) in [6.45, 7) is -1.55. The van der Waals surface area contributed by atoms with E-state index in [2.05, 4.69) is 20.2 Å². The molecule has 0 amide bonds. The molecule has 1 aromatic carbocycles. The number of aliphatic hydroxyl groups excluding tert-OH is 1. The number of ether oxygens (including phenoxy) is 1. The second-order valence-corrected chi connectivity index (χ2v) is 8.30. The van der Waals surface area contributed by atoms with Crippen molar-refractivity contribution >= 4 is 29.2 Å². The highest BCUT2D eigenvalue weighted by molar-refractivity contribution is 6.31. The molecule has 16 heteroatoms. The minimum absolute atomic E-state index is 0.00305. The van der Waals surface area contributed by atoms with E-state index >= 15 is 0 Å². The predicted octanol–water partition coefficient (Wildman–Crippen LogP) is 2.75. The number of hydrogen-bond acceptors (Lipinski definition) is 8. The van der Waals surface area contributed by atoms with Crippen LogP contribution in [0.25, 0.3) is 17.1 Å². The van der Waals surface area contributed by atoms with Gasteiger partial charge in [0.1, 0.15) is 12.2 Å². The van der Waals surface area contributed by atoms with Gasteiger partial charge in [-0.2, -0.15) is 13.2 Å². The monoisotopic (exact) mass is 557 g/mol. The van der Waals surface area contributed by atoms with Crippen molar-refractivity contribution in [3.63, 3.8) is 0 Å². The molecule has 194 valence electrons. The lowest BCUT2D eigenvalue weighted by Crippen LogP contribution is -2.37. The van der Waals surface area contributed by atoms with Gasteiger partial charge >= 0.3 is 17.8 Å². The van der Waals surface area contributed by atoms with E-state index < -0.39 is 37.0 Å². The summed E-state index contributed by atoms with van der Waals surface area (Å²) in [6, 6.07) is 8.90. The molecule has 0 bridgehead atoms. The van der Waals surface area contributed by atoms with E-state index in [1.807, 2.05) is 0 Å². The summed E-state index contributed by atoms with van der Waals surface area (Å²) in [5.41, 5.74) is -0.523. The van der Waals surface area contributed by atoms with Crippen LogP contribution in [0.5, 0.6) is 0 Å². The maximum atomic E-state index is 13.1. The topological polar surface area (TPSA) is 130 Å². The molecule has 0 aliphatic rings. The van der Waals surface area contributed by atoms with Crippen molar-refractivity contribution in [1.29, 1.82) is 0 Å². The third kappa shape index (κ3) is 5.50. The zero-order valence-electron chi connectivity index (χ0n) is 18.7. The zero-order valence-corrected chi connectivity index (χ0v) is 20.2. The highest BCUT2D eigenvalue weighted by Gasteiger charge is 2.39. The molecular weight excluding hydrogens is 542 g/mol. The number of alkyl halides is 3. The van der Waals surface area contributed by atoms with E-state index in [9.17, 15) is 27.9 Å². The minimum Gasteiger partial charge on any atom is -0.463 e. The lowest BCUT2D eigenvalue weighted by Gasteiger charge is -2.15. The summed E-state index contributed by atoms with van der Waals surface area (Å²) in [6.07, 6.45) is -6.39. The van der Waals surface area contributed by atoms with Crippen molar-refractivity contribution < 1.29 is 27.8 Å². The molecule has 0 spiro atoms. The molecular formula is C21H16Cl2F3N7O4. The molecule has 37 heavy (non-hydrogen) atoms. The fourth-order valence-electron chi connectivity index (χ4n) is 3.28. The number of benzene rings is 1. The standard InChI is InChI=1S/C21H16Cl2F3N7O4/c1-37-19(35)18-28-15(29-33(18)13-3-2-8-27-16(13)23)10-32-20(36)31(9-14(34)21(24,25)26)17(30-32)11-4-6-12(22)7-5-11/h2-8,14,34H,9-10H2,1H3/t14-/m0/s1. The molecule has 4 aromatic rings. The maximum absolute atomic E-state index is 13.1. The van der Waals surface area contributed by atoms with Crippen molar-refractivity contribution in [3.05, 3.63) is 74.9 Å². The number of rotatable bonds is 7. The molecule has 11 nitrogen and oxygen atoms in total. The van der Waals surface area contributed by atoms with Crippen LogP contribution in [0.4, 0.5) is 13.2 Å². The van der Waals surface area contributed by atoms with Crippen molar-refractivity contribution in [2.75, 3.05) is 7.11 Å². The Morgan fingerprint density at radius 2 is 1.86 bits per heavy atom. The molecule has 0 aliphatic carbocycles. The first-order chi connectivity index (χ1) is 17.5. The number of halogens is 5. The average Bonchev–Trinajstić information content (AvgIpc) is 3.40. The zero-order chi connectivity index (χ0) is 26.9. The van der Waals surface area contributed by atoms with Gasteiger partial charge in [-0.05, 0) is 36.4 Å². The number of carbonyl (C=O) groups excluding carboxylic acids is 1. The Morgan fingerprint density at radius 1 is 1.16 bits per heavy atom. The normalized spacial score (nSPS) is 12.5. The Hall–Kier alpha value is -3.75. The van der Waals surface area contributed by atoms with Gasteiger partial charge in [0, 0.05) is 16.8 Å². The van der Waals surface area contributed by atoms with E-state index in [0.29, 0.717) is 9.59 Å². The summed E-state index contributed by atoms with van der Waals surface area (Å²) in [5, 5.41) is 18.3. The molecule has 1 atom stereocenters. The maximum Gasteiger partial charge on any atom is 0.416 e. The van der Waals surface area contributed by atoms with Crippen LogP contribution in [0.1, 0.15) is 16.4 Å². The number of nitrogens with zero attached hydrogens (tertiary/aromatic N) is 7. The SMILES string of the molecule is COC(=O)c1nc(Cn2nc(-c3ccc(Cl)cc3)n(C[C@H](O)C(F)(F)F)c2=O)nn1-c1cccnc1Cl. The van der Waals surface area contributed by atoms with Crippen LogP contribution in [-0.2, 0) is 17.8 Å². The van der Waals surface area contributed by atoms with Crippen LogP contribution < -0.4 is 5.69 Å². The number of aromatic nitrogens is 7. The van der Waals surface area contributed by atoms with E-state index in [4.69, 9.17) is 27.9 Å². The van der Waals surface area contributed by atoms with E-state index in [0.717, 1.165) is 16.5 Å². The van der Waals surface area contributed by atoms with Gasteiger partial charge < -0.3 is 9.84 Å². The molecule has 3 heterocycles. The van der Waals surface area contributed by atoms with Gasteiger partial charge in [0.05, 0.1) is 13.7 Å². The van der Waals surface area contributed by atoms with Crippen LogP contribution in [-0.4, -0.2) is 64.6 Å². The minimum atomic E-state index is -4.97. The predicted molar refractivity (Wildman–Crippen MR) is 124 cm³/mol. The van der Waals surface area contributed by atoms with E-state index in [1.165, 1.54) is 36.5 Å². The first-order valence-electron chi connectivity index (χ1n) is 10.3. The molecule has 0 saturated carbocycles. The van der Waals surface area contributed by atoms with Gasteiger partial charge in [0.2, 0.25) is 5.82 Å². The van der Waals surface area contributed by atoms with Gasteiger partial charge in [-0.3, -0.25) is 4.57 Å². The van der Waals surface area contributed by atoms with E-state index in [1.54, 1.807) is 6.07 Å². The first kappa shape index (κ1) is 26.3. The van der Waals surface area contributed by atoms with Crippen LogP contribution in [0, 0.1) is 0 Å². The van der Waals surface area contributed by atoms with E-state index in [-0.39, 0.29) is 33.9 Å². The molecule has 0 saturated heterocycles. The number of aliphatic hydroxyl groups is 1. The summed E-state index contributed by atoms with van der Waals surface area (Å²) >= 11 is 12.0. The molecule has 0 aliphatic heterocycles. The second kappa shape index (κ2) is 10.3. The molecule has 1 N–H and O–H groups in total. The highest BCUT2D eigenvalue weighted by atomic mass is 35.5. The Morgan fingerprint density at radius 3 is 2.49 bits per heavy atom. The summed E-state index contributed by atoms with van der Waals surface area (Å²) in [7, 11) is 1.13. The van der Waals surface area contributed by atoms with Crippen LogP contribution in [0.2, 0.25) is 10.2 Å². The van der Waals surface area contributed by atoms with Crippen LogP contribution in [0.3, 0.4) is 0 Å². The van der Waals surface area contributed by atoms with Crippen molar-refractivity contribution in [2.45, 2.75) is 25.4 Å². The molecule has 0 radical (unpaired) electrons. The van der Waals surface area contributed by atoms with Gasteiger partial charge in [-0.15, -0.1) is 10.2 Å².